The number of nitrogens with one attached hydrogen (secondary N) is 2. The van der Waals surface area contributed by atoms with E-state index in [1.807, 2.05) is 30.5 Å². The molecule has 0 aliphatic rings. The summed E-state index contributed by atoms with van der Waals surface area (Å²) in [6.45, 7) is 0. The number of primary amides is 1. The van der Waals surface area contributed by atoms with Gasteiger partial charge in [0.25, 0.3) is 5.91 Å². The van der Waals surface area contributed by atoms with Gasteiger partial charge in [-0.25, -0.2) is 4.98 Å². The predicted octanol–water partition coefficient (Wildman–Crippen LogP) is 3.99. The number of para-hydroxylation sites is 1. The summed E-state index contributed by atoms with van der Waals surface area (Å²) in [5, 5.41) is 4.11. The molecule has 4 aromatic rings. The Kier molecular flexibility index (Phi) is 6.86. The van der Waals surface area contributed by atoms with Gasteiger partial charge in [-0.3, -0.25) is 19.6 Å². The minimum atomic E-state index is -0.292. The highest BCUT2D eigenvalue weighted by atomic mass is 32.1. The third kappa shape index (κ3) is 5.36. The van der Waals surface area contributed by atoms with Gasteiger partial charge in [0.1, 0.15) is 10.7 Å². The third-order valence-electron chi connectivity index (χ3n) is 5.20. The van der Waals surface area contributed by atoms with Crippen LogP contribution in [0.5, 0.6) is 0 Å². The Morgan fingerprint density at radius 2 is 1.97 bits per heavy atom. The molecule has 8 nitrogen and oxygen atoms in total. The number of carbonyl (C=O) groups excluding carboxylic acids is 2. The van der Waals surface area contributed by atoms with E-state index < -0.39 is 0 Å². The van der Waals surface area contributed by atoms with Crippen molar-refractivity contribution in [2.45, 2.75) is 38.1 Å². The van der Waals surface area contributed by atoms with Gasteiger partial charge in [0.15, 0.2) is 0 Å². The number of fused-ring (bicyclic) bond motifs is 1. The van der Waals surface area contributed by atoms with Gasteiger partial charge in [0.2, 0.25) is 5.91 Å². The standard InChI is InChI=1S/C23H24N6O2S/c24-21(30)9-3-1-2-8-18(29-23(31)20-13-25-14-32-20)22-27-12-19(28-22)16-10-15-6-4-5-7-17(15)26-11-16/h4-7,10-14,18H,1-3,8-9H2,(H2,24,30)(H,27,28)(H,29,31)/t18-/m0/s1. The molecule has 0 bridgehead atoms. The molecular weight excluding hydrogens is 424 g/mol. The summed E-state index contributed by atoms with van der Waals surface area (Å²) in [6.07, 6.45) is 8.60. The zero-order valence-corrected chi connectivity index (χ0v) is 18.3. The predicted molar refractivity (Wildman–Crippen MR) is 124 cm³/mol. The average Bonchev–Trinajstić information content (AvgIpc) is 3.50. The molecule has 164 valence electrons. The molecule has 1 atom stereocenters. The summed E-state index contributed by atoms with van der Waals surface area (Å²) in [6, 6.07) is 9.71. The fourth-order valence-corrected chi connectivity index (χ4v) is 4.06. The molecule has 0 radical (unpaired) electrons. The highest BCUT2D eigenvalue weighted by Gasteiger charge is 2.20. The molecule has 0 fully saturated rings. The Morgan fingerprint density at radius 1 is 1.09 bits per heavy atom. The maximum Gasteiger partial charge on any atom is 0.263 e. The zero-order valence-electron chi connectivity index (χ0n) is 17.5. The van der Waals surface area contributed by atoms with Crippen molar-refractivity contribution in [3.05, 3.63) is 65.1 Å². The fourth-order valence-electron chi connectivity index (χ4n) is 3.54. The number of nitrogens with zero attached hydrogens (tertiary/aromatic N) is 3. The number of hydrogen-bond donors (Lipinski definition) is 3. The molecule has 4 rings (SSSR count). The number of unbranched alkanes of at least 4 members (excludes halogenated alkanes) is 2. The summed E-state index contributed by atoms with van der Waals surface area (Å²) in [7, 11) is 0. The van der Waals surface area contributed by atoms with E-state index in [4.69, 9.17) is 5.73 Å². The second-order valence-electron chi connectivity index (χ2n) is 7.56. The van der Waals surface area contributed by atoms with E-state index in [0.717, 1.165) is 41.4 Å². The molecule has 2 amide bonds. The lowest BCUT2D eigenvalue weighted by Gasteiger charge is -2.16. The summed E-state index contributed by atoms with van der Waals surface area (Å²) < 4.78 is 0. The van der Waals surface area contributed by atoms with Gasteiger partial charge in [0.05, 0.1) is 35.2 Å². The van der Waals surface area contributed by atoms with E-state index in [-0.39, 0.29) is 17.9 Å². The van der Waals surface area contributed by atoms with Crippen molar-refractivity contribution in [1.29, 1.82) is 0 Å². The Bertz CT molecular complexity index is 1200. The van der Waals surface area contributed by atoms with Crippen LogP contribution in [0.4, 0.5) is 0 Å². The van der Waals surface area contributed by atoms with Crippen molar-refractivity contribution in [3.63, 3.8) is 0 Å². The smallest absolute Gasteiger partial charge is 0.263 e. The highest BCUT2D eigenvalue weighted by molar-refractivity contribution is 7.11. The lowest BCUT2D eigenvalue weighted by atomic mass is 10.1. The van der Waals surface area contributed by atoms with Crippen molar-refractivity contribution in [3.8, 4) is 11.3 Å². The van der Waals surface area contributed by atoms with E-state index in [1.165, 1.54) is 11.3 Å². The largest absolute Gasteiger partial charge is 0.370 e. The van der Waals surface area contributed by atoms with Crippen LogP contribution in [0, 0.1) is 0 Å². The summed E-state index contributed by atoms with van der Waals surface area (Å²) >= 11 is 1.29. The molecule has 3 heterocycles. The Labute approximate surface area is 189 Å². The number of imidazole rings is 1. The van der Waals surface area contributed by atoms with Gasteiger partial charge in [-0.05, 0) is 25.0 Å². The molecule has 0 saturated heterocycles. The number of benzene rings is 1. The van der Waals surface area contributed by atoms with Crippen LogP contribution in [0.1, 0.15) is 53.6 Å². The lowest BCUT2D eigenvalue weighted by molar-refractivity contribution is -0.118. The summed E-state index contributed by atoms with van der Waals surface area (Å²) in [5.41, 5.74) is 9.54. The minimum absolute atomic E-state index is 0.181. The van der Waals surface area contributed by atoms with Gasteiger partial charge < -0.3 is 16.0 Å². The number of H-pyrrole nitrogens is 1. The van der Waals surface area contributed by atoms with Gasteiger partial charge in [-0.15, -0.1) is 11.3 Å². The van der Waals surface area contributed by atoms with Crippen molar-refractivity contribution < 1.29 is 9.59 Å². The maximum absolute atomic E-state index is 12.6. The fraction of sp³-hybridized carbons (Fsp3) is 0.261. The maximum atomic E-state index is 12.6. The summed E-state index contributed by atoms with van der Waals surface area (Å²) in [4.78, 5) is 40.5. The van der Waals surface area contributed by atoms with Crippen LogP contribution in [-0.2, 0) is 4.79 Å². The molecule has 3 aromatic heterocycles. The van der Waals surface area contributed by atoms with Gasteiger partial charge in [0, 0.05) is 23.6 Å². The van der Waals surface area contributed by atoms with Crippen molar-refractivity contribution in [2.24, 2.45) is 5.73 Å². The monoisotopic (exact) mass is 448 g/mol. The Morgan fingerprint density at radius 3 is 2.78 bits per heavy atom. The van der Waals surface area contributed by atoms with E-state index in [1.54, 1.807) is 17.9 Å². The average molecular weight is 449 g/mol. The van der Waals surface area contributed by atoms with Gasteiger partial charge >= 0.3 is 0 Å². The lowest BCUT2D eigenvalue weighted by Crippen LogP contribution is -2.28. The molecular formula is C23H24N6O2S. The normalized spacial score (nSPS) is 12.0. The number of amides is 2. The van der Waals surface area contributed by atoms with Crippen LogP contribution in [0.2, 0.25) is 0 Å². The topological polar surface area (TPSA) is 127 Å². The number of aromatic amines is 1. The van der Waals surface area contributed by atoms with Crippen molar-refractivity contribution >= 4 is 34.1 Å². The van der Waals surface area contributed by atoms with Gasteiger partial charge in [-0.1, -0.05) is 31.0 Å². The van der Waals surface area contributed by atoms with E-state index >= 15 is 0 Å². The first kappa shape index (κ1) is 21.6. The molecule has 1 aromatic carbocycles. The number of hydrogen-bond acceptors (Lipinski definition) is 6. The Hall–Kier alpha value is -3.59. The number of carbonyl (C=O) groups is 2. The molecule has 32 heavy (non-hydrogen) atoms. The first-order valence-corrected chi connectivity index (χ1v) is 11.4. The van der Waals surface area contributed by atoms with Crippen LogP contribution < -0.4 is 11.1 Å². The number of rotatable bonds is 10. The number of thiazole rings is 1. The second-order valence-corrected chi connectivity index (χ2v) is 8.44. The van der Waals surface area contributed by atoms with Gasteiger partial charge in [-0.2, -0.15) is 0 Å². The minimum Gasteiger partial charge on any atom is -0.370 e. The van der Waals surface area contributed by atoms with Crippen LogP contribution in [-0.4, -0.2) is 31.8 Å². The zero-order chi connectivity index (χ0) is 22.3. The SMILES string of the molecule is NC(=O)CCCCC[C@H](NC(=O)c1cncs1)c1ncc(-c2cnc3ccccc3c2)[nH]1. The van der Waals surface area contributed by atoms with E-state index in [0.29, 0.717) is 23.5 Å². The molecule has 0 spiro atoms. The number of pyridine rings is 1. The molecule has 4 N–H and O–H groups in total. The van der Waals surface area contributed by atoms with Crippen molar-refractivity contribution in [2.75, 3.05) is 0 Å². The molecule has 0 aliphatic heterocycles. The molecule has 9 heteroatoms. The first-order chi connectivity index (χ1) is 15.6. The first-order valence-electron chi connectivity index (χ1n) is 10.5. The van der Waals surface area contributed by atoms with Crippen LogP contribution in [0.3, 0.4) is 0 Å². The van der Waals surface area contributed by atoms with E-state index in [9.17, 15) is 9.59 Å². The van der Waals surface area contributed by atoms with Crippen LogP contribution in [0.15, 0.2) is 54.4 Å². The summed E-state index contributed by atoms with van der Waals surface area (Å²) in [5.74, 6) is 0.209. The van der Waals surface area contributed by atoms with E-state index in [2.05, 4.69) is 31.3 Å². The highest BCUT2D eigenvalue weighted by Crippen LogP contribution is 2.25. The second kappa shape index (κ2) is 10.1. The quantitative estimate of drug-likeness (QED) is 0.316. The van der Waals surface area contributed by atoms with Crippen molar-refractivity contribution in [1.82, 2.24) is 25.3 Å². The molecule has 0 unspecified atom stereocenters. The van der Waals surface area contributed by atoms with Crippen LogP contribution >= 0.6 is 11.3 Å². The number of nitrogens with two attached hydrogens (primary N) is 1. The third-order valence-corrected chi connectivity index (χ3v) is 5.98. The van der Waals surface area contributed by atoms with Crippen LogP contribution in [0.25, 0.3) is 22.2 Å². The number of aromatic nitrogens is 4. The molecule has 0 saturated carbocycles. The molecule has 0 aliphatic carbocycles. The Balaban J connectivity index is 1.51.